The maximum Gasteiger partial charge on any atom is 0.0480 e. The lowest BCUT2D eigenvalue weighted by molar-refractivity contribution is 0.276. The highest BCUT2D eigenvalue weighted by molar-refractivity contribution is 5.24. The standard InChI is InChI=1S/C15H27N3/c1-11(9-15(3,4)5)8-14(18-16)13-10-17-7-6-12(13)2/h6-7,10-11,14,18H,8-9,16H2,1-5H3. The van der Waals surface area contributed by atoms with Gasteiger partial charge < -0.3 is 0 Å². The summed E-state index contributed by atoms with van der Waals surface area (Å²) in [5.74, 6) is 6.34. The Morgan fingerprint density at radius 1 is 1.39 bits per heavy atom. The molecule has 3 heteroatoms. The third-order valence-electron chi connectivity index (χ3n) is 3.26. The second kappa shape index (κ2) is 6.30. The predicted octanol–water partition coefficient (Wildman–Crippen LogP) is 3.36. The zero-order valence-corrected chi connectivity index (χ0v) is 12.3. The van der Waals surface area contributed by atoms with E-state index >= 15 is 0 Å². The van der Waals surface area contributed by atoms with Gasteiger partial charge in [-0.2, -0.15) is 0 Å². The summed E-state index contributed by atoms with van der Waals surface area (Å²) in [6, 6.07) is 2.23. The summed E-state index contributed by atoms with van der Waals surface area (Å²) in [4.78, 5) is 4.20. The van der Waals surface area contributed by atoms with Crippen molar-refractivity contribution >= 4 is 0 Å². The van der Waals surface area contributed by atoms with Crippen LogP contribution in [0.4, 0.5) is 0 Å². The van der Waals surface area contributed by atoms with Gasteiger partial charge >= 0.3 is 0 Å². The Kier molecular flexibility index (Phi) is 5.29. The molecule has 0 saturated carbocycles. The van der Waals surface area contributed by atoms with Crippen molar-refractivity contribution in [1.82, 2.24) is 10.4 Å². The summed E-state index contributed by atoms with van der Waals surface area (Å²) in [6.07, 6.45) is 5.99. The van der Waals surface area contributed by atoms with E-state index in [2.05, 4.69) is 45.0 Å². The average Bonchev–Trinajstić information content (AvgIpc) is 2.24. The molecule has 0 saturated heterocycles. The lowest BCUT2D eigenvalue weighted by Crippen LogP contribution is -2.30. The van der Waals surface area contributed by atoms with Crippen LogP contribution in [0.5, 0.6) is 0 Å². The van der Waals surface area contributed by atoms with E-state index in [0.29, 0.717) is 11.3 Å². The van der Waals surface area contributed by atoms with Crippen molar-refractivity contribution in [2.24, 2.45) is 17.2 Å². The number of aromatic nitrogens is 1. The van der Waals surface area contributed by atoms with E-state index < -0.39 is 0 Å². The Balaban J connectivity index is 2.71. The van der Waals surface area contributed by atoms with E-state index in [1.54, 1.807) is 0 Å². The number of aryl methyl sites for hydroxylation is 1. The number of hydrogen-bond acceptors (Lipinski definition) is 3. The van der Waals surface area contributed by atoms with Crippen LogP contribution in [-0.2, 0) is 0 Å². The maximum atomic E-state index is 5.71. The van der Waals surface area contributed by atoms with E-state index in [1.165, 1.54) is 17.5 Å². The van der Waals surface area contributed by atoms with Crippen molar-refractivity contribution in [2.45, 2.75) is 53.5 Å². The van der Waals surface area contributed by atoms with E-state index in [1.807, 2.05) is 18.5 Å². The van der Waals surface area contributed by atoms with Crippen molar-refractivity contribution < 1.29 is 0 Å². The van der Waals surface area contributed by atoms with Gasteiger partial charge in [0.05, 0.1) is 0 Å². The molecule has 1 aromatic heterocycles. The molecule has 0 radical (unpaired) electrons. The molecule has 0 bridgehead atoms. The van der Waals surface area contributed by atoms with E-state index in [9.17, 15) is 0 Å². The van der Waals surface area contributed by atoms with Crippen LogP contribution in [0.15, 0.2) is 18.5 Å². The molecule has 2 atom stereocenters. The van der Waals surface area contributed by atoms with Crippen LogP contribution in [0.2, 0.25) is 0 Å². The van der Waals surface area contributed by atoms with Gasteiger partial charge in [0.25, 0.3) is 0 Å². The summed E-state index contributed by atoms with van der Waals surface area (Å²) >= 11 is 0. The summed E-state index contributed by atoms with van der Waals surface area (Å²) in [5, 5.41) is 0. The third kappa shape index (κ3) is 4.75. The Hall–Kier alpha value is -0.930. The van der Waals surface area contributed by atoms with Crippen molar-refractivity contribution in [1.29, 1.82) is 0 Å². The first-order valence-electron chi connectivity index (χ1n) is 6.70. The van der Waals surface area contributed by atoms with E-state index in [-0.39, 0.29) is 6.04 Å². The van der Waals surface area contributed by atoms with Crippen LogP contribution in [0.1, 0.15) is 57.7 Å². The molecule has 1 aromatic rings. The van der Waals surface area contributed by atoms with Gasteiger partial charge in [-0.3, -0.25) is 16.3 Å². The van der Waals surface area contributed by atoms with Crippen LogP contribution in [-0.4, -0.2) is 4.98 Å². The number of hydrogen-bond donors (Lipinski definition) is 2. The monoisotopic (exact) mass is 249 g/mol. The fourth-order valence-corrected chi connectivity index (χ4v) is 2.66. The smallest absolute Gasteiger partial charge is 0.0480 e. The highest BCUT2D eigenvalue weighted by atomic mass is 15.2. The molecule has 0 spiro atoms. The molecule has 2 unspecified atom stereocenters. The minimum atomic E-state index is 0.191. The quantitative estimate of drug-likeness (QED) is 0.621. The second-order valence-corrected chi connectivity index (χ2v) is 6.56. The number of nitrogens with zero attached hydrogens (tertiary/aromatic N) is 1. The van der Waals surface area contributed by atoms with Crippen LogP contribution >= 0.6 is 0 Å². The zero-order chi connectivity index (χ0) is 13.8. The largest absolute Gasteiger partial charge is 0.271 e. The molecular weight excluding hydrogens is 222 g/mol. The summed E-state index contributed by atoms with van der Waals surface area (Å²) in [7, 11) is 0. The molecule has 0 aromatic carbocycles. The Bertz CT molecular complexity index is 368. The summed E-state index contributed by atoms with van der Waals surface area (Å²) < 4.78 is 0. The van der Waals surface area contributed by atoms with Gasteiger partial charge in [0.1, 0.15) is 0 Å². The van der Waals surface area contributed by atoms with Crippen molar-refractivity contribution in [3.05, 3.63) is 29.6 Å². The van der Waals surface area contributed by atoms with Crippen LogP contribution in [0, 0.1) is 18.3 Å². The van der Waals surface area contributed by atoms with Crippen LogP contribution in [0.3, 0.4) is 0 Å². The first kappa shape index (κ1) is 15.1. The van der Waals surface area contributed by atoms with Crippen molar-refractivity contribution in [2.75, 3.05) is 0 Å². The van der Waals surface area contributed by atoms with Gasteiger partial charge in [-0.05, 0) is 48.3 Å². The van der Waals surface area contributed by atoms with Gasteiger partial charge in [0.15, 0.2) is 0 Å². The molecule has 1 rings (SSSR count). The lowest BCUT2D eigenvalue weighted by atomic mass is 9.82. The molecule has 3 N–H and O–H groups in total. The summed E-state index contributed by atoms with van der Waals surface area (Å²) in [5.41, 5.74) is 5.75. The molecule has 0 aliphatic carbocycles. The molecule has 0 aliphatic heterocycles. The SMILES string of the molecule is Cc1ccncc1C(CC(C)CC(C)(C)C)NN. The Labute approximate surface area is 111 Å². The minimum Gasteiger partial charge on any atom is -0.271 e. The second-order valence-electron chi connectivity index (χ2n) is 6.56. The number of nitrogens with two attached hydrogens (primary N) is 1. The van der Waals surface area contributed by atoms with E-state index in [0.717, 1.165) is 6.42 Å². The molecule has 102 valence electrons. The number of rotatable bonds is 5. The van der Waals surface area contributed by atoms with Crippen molar-refractivity contribution in [3.63, 3.8) is 0 Å². The van der Waals surface area contributed by atoms with Gasteiger partial charge in [-0.15, -0.1) is 0 Å². The fraction of sp³-hybridized carbons (Fsp3) is 0.667. The average molecular weight is 249 g/mol. The molecular formula is C15H27N3. The van der Waals surface area contributed by atoms with Crippen molar-refractivity contribution in [3.8, 4) is 0 Å². The molecule has 0 amide bonds. The molecule has 3 nitrogen and oxygen atoms in total. The van der Waals surface area contributed by atoms with Crippen LogP contribution < -0.4 is 11.3 Å². The van der Waals surface area contributed by atoms with Gasteiger partial charge in [-0.1, -0.05) is 27.7 Å². The van der Waals surface area contributed by atoms with E-state index in [4.69, 9.17) is 5.84 Å². The highest BCUT2D eigenvalue weighted by Crippen LogP contribution is 2.30. The Morgan fingerprint density at radius 3 is 2.56 bits per heavy atom. The van der Waals surface area contributed by atoms with Gasteiger partial charge in [0, 0.05) is 18.4 Å². The Morgan fingerprint density at radius 2 is 2.06 bits per heavy atom. The zero-order valence-electron chi connectivity index (χ0n) is 12.3. The van der Waals surface area contributed by atoms with Gasteiger partial charge in [-0.25, -0.2) is 0 Å². The number of pyridine rings is 1. The maximum absolute atomic E-state index is 5.71. The van der Waals surface area contributed by atoms with Gasteiger partial charge in [0.2, 0.25) is 0 Å². The third-order valence-corrected chi connectivity index (χ3v) is 3.26. The topological polar surface area (TPSA) is 50.9 Å². The summed E-state index contributed by atoms with van der Waals surface area (Å²) in [6.45, 7) is 11.2. The number of nitrogens with one attached hydrogen (secondary N) is 1. The molecule has 18 heavy (non-hydrogen) atoms. The molecule has 0 aliphatic rings. The highest BCUT2D eigenvalue weighted by Gasteiger charge is 2.20. The lowest BCUT2D eigenvalue weighted by Gasteiger charge is -2.27. The first-order chi connectivity index (χ1) is 8.33. The normalized spacial score (nSPS) is 15.4. The molecule has 1 heterocycles. The molecule has 0 fully saturated rings. The predicted molar refractivity (Wildman–Crippen MR) is 76.9 cm³/mol. The first-order valence-corrected chi connectivity index (χ1v) is 6.70. The van der Waals surface area contributed by atoms with Crippen LogP contribution in [0.25, 0.3) is 0 Å². The number of hydrazine groups is 1. The minimum absolute atomic E-state index is 0.191. The fourth-order valence-electron chi connectivity index (χ4n) is 2.66.